The number of fused-ring (bicyclic) bond motifs is 1. The van der Waals surface area contributed by atoms with E-state index in [0.29, 0.717) is 0 Å². The Bertz CT molecular complexity index is 468. The summed E-state index contributed by atoms with van der Waals surface area (Å²) in [6, 6.07) is 6.17. The Morgan fingerprint density at radius 3 is 2.95 bits per heavy atom. The molecule has 1 N–H and O–H groups in total. The number of aliphatic hydroxyl groups excluding tert-OH is 1. The van der Waals surface area contributed by atoms with E-state index >= 15 is 0 Å². The molecule has 1 spiro atoms. The summed E-state index contributed by atoms with van der Waals surface area (Å²) in [5.41, 5.74) is 2.04. The summed E-state index contributed by atoms with van der Waals surface area (Å²) in [5.74, 6) is 1.69. The molecule has 1 aromatic carbocycles. The second kappa shape index (κ2) is 4.82. The zero-order valence-corrected chi connectivity index (χ0v) is 12.0. The van der Waals surface area contributed by atoms with Gasteiger partial charge in [0.2, 0.25) is 0 Å². The maximum absolute atomic E-state index is 10.5. The molecule has 1 aliphatic carbocycles. The zero-order chi connectivity index (χ0) is 13.5. The fourth-order valence-electron chi connectivity index (χ4n) is 3.62. The van der Waals surface area contributed by atoms with Crippen LogP contribution < -0.4 is 4.74 Å². The number of rotatable bonds is 0. The van der Waals surface area contributed by atoms with Crippen LogP contribution >= 0.6 is 0 Å². The first-order chi connectivity index (χ1) is 9.08. The monoisotopic (exact) mass is 260 g/mol. The highest BCUT2D eigenvalue weighted by Crippen LogP contribution is 2.46. The molecule has 0 bridgehead atoms. The summed E-state index contributed by atoms with van der Waals surface area (Å²) in [6.45, 7) is 4.39. The van der Waals surface area contributed by atoms with E-state index < -0.39 is 0 Å². The molecule has 2 nitrogen and oxygen atoms in total. The Morgan fingerprint density at radius 2 is 2.11 bits per heavy atom. The van der Waals surface area contributed by atoms with E-state index in [0.717, 1.165) is 36.5 Å². The third-order valence-corrected chi connectivity index (χ3v) is 4.84. The predicted octanol–water partition coefficient (Wildman–Crippen LogP) is 4.15. The van der Waals surface area contributed by atoms with Crippen molar-refractivity contribution in [2.24, 2.45) is 5.92 Å². The Kier molecular flexibility index (Phi) is 3.30. The Labute approximate surface area is 115 Å². The van der Waals surface area contributed by atoms with Gasteiger partial charge >= 0.3 is 0 Å². The van der Waals surface area contributed by atoms with Crippen LogP contribution in [0.2, 0.25) is 0 Å². The standard InChI is InChI=1S/C17H24O2/c1-12-4-3-8-17(9-7-12)11-15(18)14-10-13(2)5-6-16(14)19-17/h5-6,10,12,15,18H,3-4,7-9,11H2,1-2H3. The number of benzene rings is 1. The van der Waals surface area contributed by atoms with Gasteiger partial charge in [0.05, 0.1) is 6.10 Å². The number of hydrogen-bond donors (Lipinski definition) is 1. The number of aryl methyl sites for hydroxylation is 1. The normalized spacial score (nSPS) is 34.5. The van der Waals surface area contributed by atoms with Crippen LogP contribution in [-0.4, -0.2) is 10.7 Å². The molecule has 0 radical (unpaired) electrons. The van der Waals surface area contributed by atoms with Gasteiger partial charge in [-0.1, -0.05) is 25.0 Å². The average molecular weight is 260 g/mol. The summed E-state index contributed by atoms with van der Waals surface area (Å²) in [5, 5.41) is 10.5. The van der Waals surface area contributed by atoms with Gasteiger partial charge in [0.1, 0.15) is 11.4 Å². The average Bonchev–Trinajstić information content (AvgIpc) is 2.54. The van der Waals surface area contributed by atoms with Crippen molar-refractivity contribution < 1.29 is 9.84 Å². The molecule has 3 unspecified atom stereocenters. The molecule has 1 aliphatic heterocycles. The molecule has 1 aromatic rings. The van der Waals surface area contributed by atoms with Crippen molar-refractivity contribution in [3.63, 3.8) is 0 Å². The highest BCUT2D eigenvalue weighted by molar-refractivity contribution is 5.40. The van der Waals surface area contributed by atoms with Crippen molar-refractivity contribution in [2.45, 2.75) is 64.1 Å². The van der Waals surface area contributed by atoms with Crippen LogP contribution in [0.5, 0.6) is 5.75 Å². The first-order valence-electron chi connectivity index (χ1n) is 7.56. The molecule has 3 atom stereocenters. The summed E-state index contributed by atoms with van der Waals surface area (Å²) in [4.78, 5) is 0. The lowest BCUT2D eigenvalue weighted by molar-refractivity contribution is -0.0250. The smallest absolute Gasteiger partial charge is 0.125 e. The molecule has 2 aliphatic rings. The molecule has 2 heteroatoms. The van der Waals surface area contributed by atoms with Crippen LogP contribution in [0, 0.1) is 12.8 Å². The zero-order valence-electron chi connectivity index (χ0n) is 12.0. The van der Waals surface area contributed by atoms with Gasteiger partial charge in [-0.2, -0.15) is 0 Å². The molecule has 1 fully saturated rings. The minimum atomic E-state index is -0.364. The highest BCUT2D eigenvalue weighted by atomic mass is 16.5. The maximum atomic E-state index is 10.5. The Morgan fingerprint density at radius 1 is 1.26 bits per heavy atom. The van der Waals surface area contributed by atoms with Crippen LogP contribution in [0.25, 0.3) is 0 Å². The van der Waals surface area contributed by atoms with E-state index in [1.807, 2.05) is 6.07 Å². The topological polar surface area (TPSA) is 29.5 Å². The minimum absolute atomic E-state index is 0.119. The molecule has 0 amide bonds. The van der Waals surface area contributed by atoms with Crippen LogP contribution in [0.15, 0.2) is 18.2 Å². The molecular weight excluding hydrogens is 236 g/mol. The Balaban J connectivity index is 1.89. The lowest BCUT2D eigenvalue weighted by Crippen LogP contribution is -2.40. The Hall–Kier alpha value is -1.02. The summed E-state index contributed by atoms with van der Waals surface area (Å²) >= 11 is 0. The molecule has 104 valence electrons. The van der Waals surface area contributed by atoms with Gasteiger partial charge in [-0.15, -0.1) is 0 Å². The molecule has 19 heavy (non-hydrogen) atoms. The quantitative estimate of drug-likeness (QED) is 0.759. The van der Waals surface area contributed by atoms with E-state index in [4.69, 9.17) is 4.74 Å². The van der Waals surface area contributed by atoms with Gasteiger partial charge in [-0.25, -0.2) is 0 Å². The SMILES string of the molecule is Cc1ccc2c(c1)C(O)CC1(CCCC(C)CC1)O2. The first-order valence-corrected chi connectivity index (χ1v) is 7.56. The van der Waals surface area contributed by atoms with E-state index in [-0.39, 0.29) is 11.7 Å². The van der Waals surface area contributed by atoms with Crippen molar-refractivity contribution in [3.8, 4) is 5.75 Å². The lowest BCUT2D eigenvalue weighted by atomic mass is 9.83. The third kappa shape index (κ3) is 2.51. The summed E-state index contributed by atoms with van der Waals surface area (Å²) < 4.78 is 6.35. The highest BCUT2D eigenvalue weighted by Gasteiger charge is 2.41. The number of hydrogen-bond acceptors (Lipinski definition) is 2. The molecule has 1 heterocycles. The van der Waals surface area contributed by atoms with Gasteiger partial charge in [0, 0.05) is 12.0 Å². The number of aliphatic hydroxyl groups is 1. The van der Waals surface area contributed by atoms with Gasteiger partial charge in [-0.3, -0.25) is 0 Å². The first kappa shape index (κ1) is 13.0. The van der Waals surface area contributed by atoms with E-state index in [1.165, 1.54) is 24.8 Å². The van der Waals surface area contributed by atoms with Gasteiger partial charge in [-0.05, 0) is 50.7 Å². The molecule has 1 saturated carbocycles. The second-order valence-corrected chi connectivity index (χ2v) is 6.58. The van der Waals surface area contributed by atoms with Gasteiger partial charge in [0.15, 0.2) is 0 Å². The predicted molar refractivity (Wildman–Crippen MR) is 76.4 cm³/mol. The minimum Gasteiger partial charge on any atom is -0.487 e. The van der Waals surface area contributed by atoms with Gasteiger partial charge < -0.3 is 9.84 Å². The van der Waals surface area contributed by atoms with Crippen molar-refractivity contribution in [1.82, 2.24) is 0 Å². The molecule has 3 rings (SSSR count). The number of ether oxygens (including phenoxy) is 1. The molecule has 0 aromatic heterocycles. The van der Waals surface area contributed by atoms with Crippen LogP contribution in [0.1, 0.15) is 62.7 Å². The fraction of sp³-hybridized carbons (Fsp3) is 0.647. The van der Waals surface area contributed by atoms with Gasteiger partial charge in [0.25, 0.3) is 0 Å². The second-order valence-electron chi connectivity index (χ2n) is 6.58. The summed E-state index contributed by atoms with van der Waals surface area (Å²) in [6.07, 6.45) is 6.29. The maximum Gasteiger partial charge on any atom is 0.125 e. The third-order valence-electron chi connectivity index (χ3n) is 4.84. The van der Waals surface area contributed by atoms with Crippen LogP contribution in [0.4, 0.5) is 0 Å². The van der Waals surface area contributed by atoms with E-state index in [1.54, 1.807) is 0 Å². The molecule has 0 saturated heterocycles. The molecular formula is C17H24O2. The largest absolute Gasteiger partial charge is 0.487 e. The van der Waals surface area contributed by atoms with Crippen molar-refractivity contribution >= 4 is 0 Å². The summed E-state index contributed by atoms with van der Waals surface area (Å²) in [7, 11) is 0. The fourth-order valence-corrected chi connectivity index (χ4v) is 3.62. The van der Waals surface area contributed by atoms with Crippen LogP contribution in [-0.2, 0) is 0 Å². The lowest BCUT2D eigenvalue weighted by Gasteiger charge is -2.40. The van der Waals surface area contributed by atoms with Crippen molar-refractivity contribution in [1.29, 1.82) is 0 Å². The van der Waals surface area contributed by atoms with Crippen LogP contribution in [0.3, 0.4) is 0 Å². The van der Waals surface area contributed by atoms with E-state index in [2.05, 4.69) is 26.0 Å². The van der Waals surface area contributed by atoms with Crippen molar-refractivity contribution in [2.75, 3.05) is 0 Å². The van der Waals surface area contributed by atoms with Crippen molar-refractivity contribution in [3.05, 3.63) is 29.3 Å². The van der Waals surface area contributed by atoms with E-state index in [9.17, 15) is 5.11 Å².